The molecule has 0 saturated heterocycles. The molecule has 0 aromatic carbocycles. The van der Waals surface area contributed by atoms with Crippen molar-refractivity contribution in [3.05, 3.63) is 50.9 Å². The Labute approximate surface area is 115 Å². The molecule has 0 aliphatic heterocycles. The molecule has 0 bridgehead atoms. The summed E-state index contributed by atoms with van der Waals surface area (Å²) < 4.78 is 3.44. The summed E-state index contributed by atoms with van der Waals surface area (Å²) in [6.45, 7) is 0.570. The zero-order chi connectivity index (χ0) is 12.4. The predicted molar refractivity (Wildman–Crippen MR) is 70.1 cm³/mol. The number of hydrogen-bond donors (Lipinski definition) is 1. The Bertz CT molecular complexity index is 566. The van der Waals surface area contributed by atoms with Crippen LogP contribution in [0.25, 0.3) is 0 Å². The lowest BCUT2D eigenvalue weighted by Gasteiger charge is -2.04. The summed E-state index contributed by atoms with van der Waals surface area (Å²) >= 11 is 6.67. The Hall–Kier alpha value is -1.14. The van der Waals surface area contributed by atoms with E-state index < -0.39 is 5.97 Å². The van der Waals surface area contributed by atoms with E-state index in [2.05, 4.69) is 36.8 Å². The maximum Gasteiger partial charge on any atom is 0.337 e. The van der Waals surface area contributed by atoms with Crippen LogP contribution < -0.4 is 0 Å². The number of carboxylic acids is 1. The average molecular weight is 360 g/mol. The van der Waals surface area contributed by atoms with Gasteiger partial charge in [-0.25, -0.2) is 4.79 Å². The van der Waals surface area contributed by atoms with Crippen molar-refractivity contribution in [3.8, 4) is 0 Å². The van der Waals surface area contributed by atoms with Gasteiger partial charge >= 0.3 is 5.97 Å². The molecule has 2 rings (SSSR count). The fourth-order valence-corrected chi connectivity index (χ4v) is 2.34. The maximum atomic E-state index is 10.8. The van der Waals surface area contributed by atoms with Crippen LogP contribution in [0.5, 0.6) is 0 Å². The first kappa shape index (κ1) is 12.3. The van der Waals surface area contributed by atoms with Crippen molar-refractivity contribution in [2.45, 2.75) is 6.54 Å². The minimum Gasteiger partial charge on any atom is -0.478 e. The van der Waals surface area contributed by atoms with E-state index in [1.807, 2.05) is 10.6 Å². The second-order valence-electron chi connectivity index (χ2n) is 3.50. The number of carboxylic acid groups (broad SMARTS) is 1. The zero-order valence-electron chi connectivity index (χ0n) is 8.60. The molecule has 88 valence electrons. The molecule has 1 N–H and O–H groups in total. The van der Waals surface area contributed by atoms with E-state index in [0.717, 1.165) is 14.6 Å². The Balaban J connectivity index is 2.27. The fourth-order valence-electron chi connectivity index (χ4n) is 1.46. The Morgan fingerprint density at radius 2 is 2.12 bits per heavy atom. The lowest BCUT2D eigenvalue weighted by molar-refractivity contribution is 0.0697. The summed E-state index contributed by atoms with van der Waals surface area (Å²) in [5.74, 6) is -0.934. The van der Waals surface area contributed by atoms with Crippen LogP contribution in [0.1, 0.15) is 15.9 Å². The molecule has 0 spiro atoms. The highest BCUT2D eigenvalue weighted by molar-refractivity contribution is 9.10. The fraction of sp³-hybridized carbons (Fsp3) is 0.0909. The number of rotatable bonds is 3. The second kappa shape index (κ2) is 5.01. The average Bonchev–Trinajstić information content (AvgIpc) is 2.61. The normalized spacial score (nSPS) is 10.5. The van der Waals surface area contributed by atoms with Crippen molar-refractivity contribution in [1.29, 1.82) is 0 Å². The molecule has 2 heterocycles. The smallest absolute Gasteiger partial charge is 0.337 e. The topological polar surface area (TPSA) is 55.1 Å². The molecule has 0 fully saturated rings. The van der Waals surface area contributed by atoms with Crippen LogP contribution in [0.3, 0.4) is 0 Å². The minimum absolute atomic E-state index is 0.264. The van der Waals surface area contributed by atoms with Gasteiger partial charge in [-0.3, -0.25) is 4.98 Å². The van der Waals surface area contributed by atoms with Gasteiger partial charge in [0.2, 0.25) is 0 Å². The first-order valence-corrected chi connectivity index (χ1v) is 6.33. The van der Waals surface area contributed by atoms with Crippen LogP contribution in [0.2, 0.25) is 0 Å². The van der Waals surface area contributed by atoms with Crippen molar-refractivity contribution in [2.24, 2.45) is 0 Å². The molecule has 0 unspecified atom stereocenters. The molecule has 6 heteroatoms. The molecule has 0 atom stereocenters. The summed E-state index contributed by atoms with van der Waals surface area (Å²) in [6.07, 6.45) is 5.04. The van der Waals surface area contributed by atoms with Gasteiger partial charge in [-0.2, -0.15) is 0 Å². The van der Waals surface area contributed by atoms with E-state index in [9.17, 15) is 4.79 Å². The molecule has 0 amide bonds. The maximum absolute atomic E-state index is 10.8. The third-order valence-corrected chi connectivity index (χ3v) is 3.32. The summed E-state index contributed by atoms with van der Waals surface area (Å²) in [7, 11) is 0. The van der Waals surface area contributed by atoms with Gasteiger partial charge in [-0.15, -0.1) is 0 Å². The molecule has 2 aromatic heterocycles. The van der Waals surface area contributed by atoms with Gasteiger partial charge in [0, 0.05) is 29.6 Å². The quantitative estimate of drug-likeness (QED) is 0.915. The highest BCUT2D eigenvalue weighted by Gasteiger charge is 2.09. The second-order valence-corrected chi connectivity index (χ2v) is 5.22. The standard InChI is InChI=1S/C11H8Br2N2O2/c12-9-1-7(3-14-4-9)5-15-6-8(11(16)17)2-10(15)13/h1-4,6H,5H2,(H,16,17). The number of nitrogens with zero attached hydrogens (tertiary/aromatic N) is 2. The van der Waals surface area contributed by atoms with Crippen LogP contribution in [-0.2, 0) is 6.54 Å². The van der Waals surface area contributed by atoms with Crippen molar-refractivity contribution >= 4 is 37.8 Å². The van der Waals surface area contributed by atoms with E-state index in [1.54, 1.807) is 24.7 Å². The number of halogens is 2. The van der Waals surface area contributed by atoms with E-state index in [-0.39, 0.29) is 5.56 Å². The Kier molecular flexibility index (Phi) is 3.63. The molecular formula is C11H8Br2N2O2. The van der Waals surface area contributed by atoms with Crippen molar-refractivity contribution in [3.63, 3.8) is 0 Å². The number of aromatic carboxylic acids is 1. The van der Waals surface area contributed by atoms with Gasteiger partial charge in [0.1, 0.15) is 0 Å². The summed E-state index contributed by atoms with van der Waals surface area (Å²) in [4.78, 5) is 14.9. The van der Waals surface area contributed by atoms with Gasteiger partial charge in [0.15, 0.2) is 0 Å². The largest absolute Gasteiger partial charge is 0.478 e. The van der Waals surface area contributed by atoms with Gasteiger partial charge in [-0.1, -0.05) is 0 Å². The molecule has 4 nitrogen and oxygen atoms in total. The molecular weight excluding hydrogens is 352 g/mol. The van der Waals surface area contributed by atoms with Crippen LogP contribution in [0.15, 0.2) is 39.8 Å². The Morgan fingerprint density at radius 3 is 2.71 bits per heavy atom. The molecule has 0 aliphatic carbocycles. The SMILES string of the molecule is O=C(O)c1cc(Br)n(Cc2cncc(Br)c2)c1. The summed E-state index contributed by atoms with van der Waals surface area (Å²) in [6, 6.07) is 3.52. The van der Waals surface area contributed by atoms with E-state index in [0.29, 0.717) is 6.54 Å². The predicted octanol–water partition coefficient (Wildman–Crippen LogP) is 3.15. The molecule has 0 aliphatic rings. The number of aromatic nitrogens is 2. The van der Waals surface area contributed by atoms with Crippen molar-refractivity contribution in [1.82, 2.24) is 9.55 Å². The van der Waals surface area contributed by atoms with Crippen molar-refractivity contribution < 1.29 is 9.90 Å². The Morgan fingerprint density at radius 1 is 1.35 bits per heavy atom. The highest BCUT2D eigenvalue weighted by atomic mass is 79.9. The lowest BCUT2D eigenvalue weighted by Crippen LogP contribution is -1.99. The van der Waals surface area contributed by atoms with Gasteiger partial charge in [-0.05, 0) is 49.6 Å². The number of carbonyl (C=O) groups is 1. The van der Waals surface area contributed by atoms with Crippen LogP contribution in [0, 0.1) is 0 Å². The molecule has 17 heavy (non-hydrogen) atoms. The van der Waals surface area contributed by atoms with E-state index in [4.69, 9.17) is 5.11 Å². The molecule has 2 aromatic rings. The van der Waals surface area contributed by atoms with E-state index in [1.165, 1.54) is 0 Å². The first-order chi connectivity index (χ1) is 8.06. The monoisotopic (exact) mass is 358 g/mol. The van der Waals surface area contributed by atoms with E-state index >= 15 is 0 Å². The van der Waals surface area contributed by atoms with Gasteiger partial charge in [0.05, 0.1) is 10.2 Å². The van der Waals surface area contributed by atoms with Crippen LogP contribution in [0.4, 0.5) is 0 Å². The molecule has 0 radical (unpaired) electrons. The third-order valence-electron chi connectivity index (χ3n) is 2.21. The third kappa shape index (κ3) is 2.95. The lowest BCUT2D eigenvalue weighted by atomic mass is 10.3. The van der Waals surface area contributed by atoms with Gasteiger partial charge in [0.25, 0.3) is 0 Å². The number of hydrogen-bond acceptors (Lipinski definition) is 2. The highest BCUT2D eigenvalue weighted by Crippen LogP contribution is 2.18. The zero-order valence-corrected chi connectivity index (χ0v) is 11.8. The van der Waals surface area contributed by atoms with Crippen molar-refractivity contribution in [2.75, 3.05) is 0 Å². The molecule has 0 saturated carbocycles. The van der Waals surface area contributed by atoms with Crippen LogP contribution >= 0.6 is 31.9 Å². The summed E-state index contributed by atoms with van der Waals surface area (Å²) in [5, 5.41) is 8.88. The first-order valence-electron chi connectivity index (χ1n) is 4.74. The van der Waals surface area contributed by atoms with Crippen LogP contribution in [-0.4, -0.2) is 20.6 Å². The van der Waals surface area contributed by atoms with Gasteiger partial charge < -0.3 is 9.67 Å². The minimum atomic E-state index is -0.934. The summed E-state index contributed by atoms with van der Waals surface area (Å²) in [5.41, 5.74) is 1.26. The number of pyridine rings is 1.